The van der Waals surface area contributed by atoms with Gasteiger partial charge in [-0.05, 0) is 62.6 Å². The van der Waals surface area contributed by atoms with Crippen molar-refractivity contribution in [2.24, 2.45) is 4.99 Å². The molecule has 3 aromatic rings. The second-order valence-electron chi connectivity index (χ2n) is 7.20. The van der Waals surface area contributed by atoms with Crippen LogP contribution in [0, 0.1) is 0 Å². The molecule has 0 unspecified atom stereocenters. The summed E-state index contributed by atoms with van der Waals surface area (Å²) in [4.78, 5) is 17.9. The summed E-state index contributed by atoms with van der Waals surface area (Å²) in [5.74, 6) is 0.461. The van der Waals surface area contributed by atoms with Crippen LogP contribution in [0.3, 0.4) is 0 Å². The first-order valence-electron chi connectivity index (χ1n) is 9.60. The number of carbonyl (C=O) groups is 1. The van der Waals surface area contributed by atoms with Gasteiger partial charge in [0.05, 0.1) is 15.1 Å². The van der Waals surface area contributed by atoms with Crippen molar-refractivity contribution < 1.29 is 13.2 Å². The lowest BCUT2D eigenvalue weighted by atomic mass is 10.2. The number of thioether (sulfide) groups is 1. The average Bonchev–Trinajstić information content (AvgIpc) is 3.07. The summed E-state index contributed by atoms with van der Waals surface area (Å²) in [5.41, 5.74) is 1.31. The third-order valence-electron chi connectivity index (χ3n) is 4.87. The normalized spacial score (nSPS) is 12.9. The minimum absolute atomic E-state index is 0.145. The van der Waals surface area contributed by atoms with E-state index in [1.807, 2.05) is 29.0 Å². The Kier molecular flexibility index (Phi) is 7.64. The highest BCUT2D eigenvalue weighted by Crippen LogP contribution is 2.22. The molecule has 2 aromatic carbocycles. The Morgan fingerprint density at radius 2 is 1.90 bits per heavy atom. The summed E-state index contributed by atoms with van der Waals surface area (Å²) >= 11 is 9.24. The number of nitrogens with zero attached hydrogens (tertiary/aromatic N) is 3. The number of sulfonamides is 1. The largest absolute Gasteiger partial charge is 0.316 e. The van der Waals surface area contributed by atoms with Crippen LogP contribution in [0.1, 0.15) is 24.2 Å². The van der Waals surface area contributed by atoms with Gasteiger partial charge in [0.2, 0.25) is 10.0 Å². The van der Waals surface area contributed by atoms with Gasteiger partial charge in [-0.3, -0.25) is 4.79 Å². The lowest BCUT2D eigenvalue weighted by molar-refractivity contribution is 0.0997. The number of aryl methyl sites for hydroxylation is 1. The molecule has 3 rings (SSSR count). The van der Waals surface area contributed by atoms with Crippen LogP contribution in [0.25, 0.3) is 10.2 Å². The molecule has 0 fully saturated rings. The minimum Gasteiger partial charge on any atom is -0.316 e. The summed E-state index contributed by atoms with van der Waals surface area (Å²) in [6.45, 7) is 4.32. The van der Waals surface area contributed by atoms with Crippen molar-refractivity contribution in [2.75, 3.05) is 19.1 Å². The maximum Gasteiger partial charge on any atom is 0.279 e. The predicted octanol–water partition coefficient (Wildman–Crippen LogP) is 4.49. The maximum atomic E-state index is 12.8. The Labute approximate surface area is 195 Å². The summed E-state index contributed by atoms with van der Waals surface area (Å²) < 4.78 is 29.5. The Bertz CT molecular complexity index is 1260. The third-order valence-corrected chi connectivity index (χ3v) is 8.78. The number of thiazole rings is 1. The molecule has 6 nitrogen and oxygen atoms in total. The molecular weight excluding hydrogens is 474 g/mol. The highest BCUT2D eigenvalue weighted by molar-refractivity contribution is 7.98. The molecule has 0 radical (unpaired) electrons. The number of amides is 1. The number of hydrogen-bond acceptors (Lipinski definition) is 5. The van der Waals surface area contributed by atoms with Crippen molar-refractivity contribution in [2.45, 2.75) is 31.3 Å². The molecule has 1 heterocycles. The van der Waals surface area contributed by atoms with Crippen molar-refractivity contribution in [3.63, 3.8) is 0 Å². The van der Waals surface area contributed by atoms with Gasteiger partial charge < -0.3 is 4.57 Å². The molecule has 166 valence electrons. The van der Waals surface area contributed by atoms with Crippen molar-refractivity contribution in [3.8, 4) is 0 Å². The highest BCUT2D eigenvalue weighted by atomic mass is 35.5. The SMILES string of the molecule is CSCCn1c(=NC(=O)c2ccc(S(=O)(=O)N(C)C(C)C)cc2)sc2cc(Cl)ccc21. The van der Waals surface area contributed by atoms with E-state index in [1.54, 1.807) is 25.6 Å². The zero-order valence-corrected chi connectivity index (χ0v) is 20.9. The van der Waals surface area contributed by atoms with Crippen molar-refractivity contribution in [1.82, 2.24) is 8.87 Å². The molecule has 10 heteroatoms. The number of fused-ring (bicyclic) bond motifs is 1. The Morgan fingerprint density at radius 1 is 1.23 bits per heavy atom. The van der Waals surface area contributed by atoms with E-state index in [-0.39, 0.29) is 10.9 Å². The summed E-state index contributed by atoms with van der Waals surface area (Å²) in [7, 11) is -2.07. The van der Waals surface area contributed by atoms with Crippen LogP contribution < -0.4 is 4.80 Å². The molecule has 0 aliphatic heterocycles. The van der Waals surface area contributed by atoms with Crippen LogP contribution in [0.4, 0.5) is 0 Å². The first-order chi connectivity index (χ1) is 14.6. The summed E-state index contributed by atoms with van der Waals surface area (Å²) in [6.07, 6.45) is 2.03. The van der Waals surface area contributed by atoms with E-state index in [0.717, 1.165) is 16.0 Å². The van der Waals surface area contributed by atoms with E-state index in [0.29, 0.717) is 21.9 Å². The minimum atomic E-state index is -3.60. The van der Waals surface area contributed by atoms with Gasteiger partial charge in [0, 0.05) is 36.0 Å². The van der Waals surface area contributed by atoms with Crippen molar-refractivity contribution in [3.05, 3.63) is 57.9 Å². The number of benzene rings is 2. The van der Waals surface area contributed by atoms with Crippen LogP contribution in [0.2, 0.25) is 5.02 Å². The fourth-order valence-electron chi connectivity index (χ4n) is 2.90. The number of rotatable bonds is 7. The third kappa shape index (κ3) is 5.23. The molecule has 0 aliphatic rings. The maximum absolute atomic E-state index is 12.8. The highest BCUT2D eigenvalue weighted by Gasteiger charge is 2.23. The lowest BCUT2D eigenvalue weighted by Crippen LogP contribution is -2.33. The summed E-state index contributed by atoms with van der Waals surface area (Å²) in [6, 6.07) is 11.4. The number of aromatic nitrogens is 1. The van der Waals surface area contributed by atoms with Crippen LogP contribution in [0.15, 0.2) is 52.4 Å². The van der Waals surface area contributed by atoms with E-state index < -0.39 is 15.9 Å². The molecule has 1 amide bonds. The molecule has 0 aliphatic carbocycles. The van der Waals surface area contributed by atoms with Gasteiger partial charge in [-0.2, -0.15) is 21.1 Å². The van der Waals surface area contributed by atoms with Crippen molar-refractivity contribution >= 4 is 60.8 Å². The molecule has 31 heavy (non-hydrogen) atoms. The second kappa shape index (κ2) is 9.87. The molecule has 0 spiro atoms. The lowest BCUT2D eigenvalue weighted by Gasteiger charge is -2.20. The molecule has 0 N–H and O–H groups in total. The molecule has 0 atom stereocenters. The van der Waals surface area contributed by atoms with Gasteiger partial charge in [0.25, 0.3) is 5.91 Å². The number of carbonyl (C=O) groups excluding carboxylic acids is 1. The van der Waals surface area contributed by atoms with Gasteiger partial charge in [-0.1, -0.05) is 22.9 Å². The number of hydrogen-bond donors (Lipinski definition) is 0. The molecule has 0 saturated carbocycles. The van der Waals surface area contributed by atoms with Gasteiger partial charge in [-0.25, -0.2) is 8.42 Å². The van der Waals surface area contributed by atoms with Crippen LogP contribution >= 0.6 is 34.7 Å². The second-order valence-corrected chi connectivity index (χ2v) is 11.6. The molecular formula is C21H24ClN3O3S3. The smallest absolute Gasteiger partial charge is 0.279 e. The molecule has 0 bridgehead atoms. The Balaban J connectivity index is 1.98. The first-order valence-corrected chi connectivity index (χ1v) is 13.6. The van der Waals surface area contributed by atoms with Crippen molar-refractivity contribution in [1.29, 1.82) is 0 Å². The molecule has 1 aromatic heterocycles. The fraction of sp³-hybridized carbons (Fsp3) is 0.333. The molecule has 0 saturated heterocycles. The van der Waals surface area contributed by atoms with E-state index >= 15 is 0 Å². The average molecular weight is 498 g/mol. The number of halogens is 1. The van der Waals surface area contributed by atoms with E-state index in [2.05, 4.69) is 4.99 Å². The Hall–Kier alpha value is -1.65. The van der Waals surface area contributed by atoms with E-state index in [4.69, 9.17) is 11.6 Å². The van der Waals surface area contributed by atoms with Crippen LogP contribution in [-0.4, -0.2) is 48.3 Å². The standard InChI is InChI=1S/C21H24ClN3O3S3/c1-14(2)24(3)31(27,28)17-8-5-15(6-9-17)20(26)23-21-25(11-12-29-4)18-10-7-16(22)13-19(18)30-21/h5-10,13-14H,11-12H2,1-4H3. The monoisotopic (exact) mass is 497 g/mol. The zero-order chi connectivity index (χ0) is 22.8. The predicted molar refractivity (Wildman–Crippen MR) is 130 cm³/mol. The zero-order valence-electron chi connectivity index (χ0n) is 17.7. The van der Waals surface area contributed by atoms with Crippen LogP contribution in [0.5, 0.6) is 0 Å². The first kappa shape index (κ1) is 24.0. The Morgan fingerprint density at radius 3 is 2.52 bits per heavy atom. The summed E-state index contributed by atoms with van der Waals surface area (Å²) in [5, 5.41) is 0.631. The fourth-order valence-corrected chi connectivity index (χ4v) is 5.96. The quantitative estimate of drug-likeness (QED) is 0.482. The van der Waals surface area contributed by atoms with E-state index in [1.165, 1.54) is 47.0 Å². The van der Waals surface area contributed by atoms with E-state index in [9.17, 15) is 13.2 Å². The van der Waals surface area contributed by atoms with Crippen LogP contribution in [-0.2, 0) is 16.6 Å². The van der Waals surface area contributed by atoms with Gasteiger partial charge >= 0.3 is 0 Å². The van der Waals surface area contributed by atoms with Gasteiger partial charge in [0.15, 0.2) is 4.80 Å². The topological polar surface area (TPSA) is 71.7 Å². The van der Waals surface area contributed by atoms with Gasteiger partial charge in [0.1, 0.15) is 0 Å². The van der Waals surface area contributed by atoms with Gasteiger partial charge in [-0.15, -0.1) is 0 Å².